The van der Waals surface area contributed by atoms with E-state index in [1.54, 1.807) is 0 Å². The summed E-state index contributed by atoms with van der Waals surface area (Å²) < 4.78 is 16.7. The number of hydrogen-bond donors (Lipinski definition) is 6. The van der Waals surface area contributed by atoms with Crippen molar-refractivity contribution in [1.82, 2.24) is 0 Å². The van der Waals surface area contributed by atoms with Crippen LogP contribution in [0.3, 0.4) is 0 Å². The second-order valence-corrected chi connectivity index (χ2v) is 32.4. The lowest BCUT2D eigenvalue weighted by Crippen LogP contribution is -2.30. The van der Waals surface area contributed by atoms with Crippen LogP contribution in [0, 0.1) is 0 Å². The van der Waals surface area contributed by atoms with Crippen molar-refractivity contribution in [3.05, 3.63) is 72.9 Å². The molecule has 696 valence electrons. The number of carbonyl (C=O) groups is 6. The van der Waals surface area contributed by atoms with Crippen LogP contribution < -0.4 is 0 Å². The smallest absolute Gasteiger partial charge is 0.306 e. The summed E-state index contributed by atoms with van der Waals surface area (Å²) in [6.07, 6.45) is 107. The highest BCUT2D eigenvalue weighted by atomic mass is 16.6. The van der Waals surface area contributed by atoms with E-state index in [2.05, 4.69) is 114 Å². The van der Waals surface area contributed by atoms with Crippen molar-refractivity contribution in [2.75, 3.05) is 26.4 Å². The lowest BCUT2D eigenvalue weighted by Gasteiger charge is -2.18. The van der Waals surface area contributed by atoms with Crippen molar-refractivity contribution < 1.29 is 79.1 Å². The van der Waals surface area contributed by atoms with Gasteiger partial charge >= 0.3 is 35.8 Å². The molecule has 0 aromatic heterocycles. The summed E-state index contributed by atoms with van der Waals surface area (Å²) in [5.41, 5.74) is 0. The maximum Gasteiger partial charge on any atom is 0.306 e. The number of carbonyl (C=O) groups excluding carboxylic acids is 3. The molecule has 0 atom stereocenters. The molecule has 0 aromatic rings. The average molecular weight is 1680 g/mol. The van der Waals surface area contributed by atoms with E-state index in [1.165, 1.54) is 302 Å². The standard InChI is InChI=1S/C51H92O6.3C16H30O2.C3H8O3.H2O/c1-4-7-10-13-16-19-22-25-28-31-34-37-40-43-49(52)55-46-48(57-51(54)45-42-39-36-33-30-27-24-21-18-15-12-9-6-3)47-56-50(53)44-41-38-35-32-29-26-23-20-17-14-11-8-5-2;3*1-2-3-4-5-6-7-8-9-10-11-12-13-14-15-16(17)18;4-1-3(6)2-5;/h19-24,48H,4-18,25-47H2,1-3H3;3*7-8H,2-6,9-15H2,1H3,(H,17,18);3-6H,1-2H2;1H2/p+1/b22-19-,23-20-,24-21-;3*8-7-;;. The Bertz CT molecular complexity index is 2040. The molecule has 0 spiro atoms. The third kappa shape index (κ3) is 127. The van der Waals surface area contributed by atoms with E-state index in [-0.39, 0.29) is 49.8 Å². The minimum Gasteiger partial charge on any atom is -0.481 e. The van der Waals surface area contributed by atoms with E-state index in [1.807, 2.05) is 0 Å². The normalized spacial score (nSPS) is 11.3. The van der Waals surface area contributed by atoms with Gasteiger partial charge in [0.25, 0.3) is 0 Å². The fourth-order valence-corrected chi connectivity index (χ4v) is 12.9. The van der Waals surface area contributed by atoms with Gasteiger partial charge in [-0.1, -0.05) is 346 Å². The first-order valence-electron chi connectivity index (χ1n) is 49.1. The molecular weight excluding hydrogens is 1480 g/mol. The Morgan fingerprint density at radius 2 is 0.381 bits per heavy atom. The van der Waals surface area contributed by atoms with Gasteiger partial charge in [0, 0.05) is 38.5 Å². The minimum atomic E-state index is -0.954. The topological polar surface area (TPSA) is 284 Å². The van der Waals surface area contributed by atoms with Crippen molar-refractivity contribution in [3.8, 4) is 0 Å². The van der Waals surface area contributed by atoms with E-state index in [0.717, 1.165) is 122 Å². The molecule has 0 amide bonds. The van der Waals surface area contributed by atoms with Crippen LogP contribution in [0.25, 0.3) is 0 Å². The van der Waals surface area contributed by atoms with Crippen LogP contribution in [-0.2, 0) is 48.5 Å². The van der Waals surface area contributed by atoms with Gasteiger partial charge in [0.1, 0.15) is 19.3 Å². The fourth-order valence-electron chi connectivity index (χ4n) is 12.9. The maximum absolute atomic E-state index is 12.7. The zero-order valence-electron chi connectivity index (χ0n) is 77.8. The van der Waals surface area contributed by atoms with Crippen LogP contribution in [0.1, 0.15) is 504 Å². The molecule has 0 radical (unpaired) electrons. The van der Waals surface area contributed by atoms with Crippen LogP contribution in [0.4, 0.5) is 0 Å². The quantitative estimate of drug-likeness (QED) is 0.0109. The zero-order valence-corrected chi connectivity index (χ0v) is 77.8. The molecule has 118 heavy (non-hydrogen) atoms. The highest BCUT2D eigenvalue weighted by Gasteiger charge is 2.20. The van der Waals surface area contributed by atoms with E-state index in [0.29, 0.717) is 38.5 Å². The summed E-state index contributed by atoms with van der Waals surface area (Å²) in [6.45, 7) is 12.6. The molecule has 0 unspecified atom stereocenters. The Balaban J connectivity index is -0.000000412. The Morgan fingerprint density at radius 1 is 0.229 bits per heavy atom. The molecule has 0 aliphatic carbocycles. The molecule has 0 heterocycles. The largest absolute Gasteiger partial charge is 0.481 e. The summed E-state index contributed by atoms with van der Waals surface area (Å²) in [7, 11) is 0. The first-order valence-corrected chi connectivity index (χ1v) is 49.1. The molecule has 0 saturated heterocycles. The molecule has 0 bridgehead atoms. The van der Waals surface area contributed by atoms with Gasteiger partial charge in [0.05, 0.1) is 13.2 Å². The molecule has 0 saturated carbocycles. The van der Waals surface area contributed by atoms with Crippen molar-refractivity contribution >= 4 is 35.8 Å². The molecule has 0 aliphatic heterocycles. The van der Waals surface area contributed by atoms with Crippen molar-refractivity contribution in [1.29, 1.82) is 0 Å². The van der Waals surface area contributed by atoms with Gasteiger partial charge in [-0.2, -0.15) is 0 Å². The van der Waals surface area contributed by atoms with Crippen molar-refractivity contribution in [2.45, 2.75) is 516 Å². The van der Waals surface area contributed by atoms with E-state index < -0.39 is 30.1 Å². The molecular formula is C102H193O16+. The number of ether oxygens (including phenoxy) is 3. The highest BCUT2D eigenvalue weighted by molar-refractivity contribution is 5.71. The van der Waals surface area contributed by atoms with Crippen LogP contribution in [0.5, 0.6) is 0 Å². The number of carboxylic acid groups (broad SMARTS) is 3. The summed E-state index contributed by atoms with van der Waals surface area (Å²) in [5.74, 6) is -2.90. The summed E-state index contributed by atoms with van der Waals surface area (Å²) >= 11 is 0. The third-order valence-corrected chi connectivity index (χ3v) is 20.5. The van der Waals surface area contributed by atoms with Gasteiger partial charge in [-0.15, -0.1) is 0 Å². The zero-order chi connectivity index (χ0) is 87.0. The average Bonchev–Trinajstić information content (AvgIpc) is 0.941. The summed E-state index contributed by atoms with van der Waals surface area (Å²) in [4.78, 5) is 68.7. The molecule has 0 aromatic carbocycles. The third-order valence-electron chi connectivity index (χ3n) is 20.5. The summed E-state index contributed by atoms with van der Waals surface area (Å²) in [5, 5.41) is 49.5. The Hall–Kier alpha value is -4.90. The molecule has 16 nitrogen and oxygen atoms in total. The van der Waals surface area contributed by atoms with Gasteiger partial charge in [-0.05, 0) is 193 Å². The van der Waals surface area contributed by atoms with Gasteiger partial charge in [-0.3, -0.25) is 28.8 Å². The number of aliphatic carboxylic acids is 3. The molecule has 0 rings (SSSR count). The predicted octanol–water partition coefficient (Wildman–Crippen LogP) is 29.2. The number of rotatable bonds is 85. The minimum absolute atomic E-state index is 0. The SMILES string of the molecule is CCCCCC/C=C\CCCCCCCC(=O)O.CCCCCC/C=C\CCCCCCCC(=O)O.CCCCCC/C=C\CCCCCCCC(=O)O.CCCCCC/C=C\CCCCCCCC(=O)OCC(COC(=O)CCCCCCC/C=C\CCCCCC)OC(=O)CCCCCCC/C=C\CCCCCC.OCC(O)CO.[OH3+]. The van der Waals surface area contributed by atoms with E-state index in [4.69, 9.17) is 44.8 Å². The van der Waals surface area contributed by atoms with Gasteiger partial charge in [0.15, 0.2) is 6.10 Å². The molecule has 9 N–H and O–H groups in total. The molecule has 0 fully saturated rings. The molecule has 16 heteroatoms. The number of carboxylic acids is 3. The molecule has 0 aliphatic rings. The second kappa shape index (κ2) is 114. The number of unbranched alkanes of at least 4 members (excludes halogenated alkanes) is 54. The van der Waals surface area contributed by atoms with Crippen LogP contribution in [-0.4, -0.2) is 105 Å². The van der Waals surface area contributed by atoms with Gasteiger partial charge in [0.2, 0.25) is 0 Å². The second-order valence-electron chi connectivity index (χ2n) is 32.4. The van der Waals surface area contributed by atoms with Crippen molar-refractivity contribution in [2.24, 2.45) is 0 Å². The summed E-state index contributed by atoms with van der Waals surface area (Å²) in [6, 6.07) is 0. The predicted molar refractivity (Wildman–Crippen MR) is 501 cm³/mol. The van der Waals surface area contributed by atoms with Crippen LogP contribution >= 0.6 is 0 Å². The number of allylic oxidation sites excluding steroid dienone is 12. The number of aliphatic hydroxyl groups excluding tert-OH is 3. The van der Waals surface area contributed by atoms with E-state index in [9.17, 15) is 28.8 Å². The lowest BCUT2D eigenvalue weighted by molar-refractivity contribution is -0.167. The lowest BCUT2D eigenvalue weighted by atomic mass is 10.1. The first kappa shape index (κ1) is 124. The Labute approximate surface area is 726 Å². The maximum atomic E-state index is 12.7. The number of esters is 3. The Kier molecular flexibility index (Phi) is 120. The van der Waals surface area contributed by atoms with Gasteiger partial charge < -0.3 is 50.3 Å². The monoisotopic (exact) mass is 1670 g/mol. The number of aliphatic hydroxyl groups is 3. The number of hydrogen-bond acceptors (Lipinski definition) is 12. The van der Waals surface area contributed by atoms with Crippen LogP contribution in [0.15, 0.2) is 72.9 Å². The van der Waals surface area contributed by atoms with Crippen LogP contribution in [0.2, 0.25) is 0 Å². The van der Waals surface area contributed by atoms with E-state index >= 15 is 0 Å². The highest BCUT2D eigenvalue weighted by Crippen LogP contribution is 2.18. The Morgan fingerprint density at radius 3 is 0.542 bits per heavy atom. The first-order chi connectivity index (χ1) is 57.1. The fraction of sp³-hybridized carbons (Fsp3) is 0.824. The van der Waals surface area contributed by atoms with Gasteiger partial charge in [-0.25, -0.2) is 0 Å². The van der Waals surface area contributed by atoms with Crippen molar-refractivity contribution in [3.63, 3.8) is 0 Å².